The van der Waals surface area contributed by atoms with Gasteiger partial charge >= 0.3 is 0 Å². The highest BCUT2D eigenvalue weighted by Crippen LogP contribution is 2.18. The van der Waals surface area contributed by atoms with Crippen LogP contribution in [0.4, 0.5) is 5.82 Å². The zero-order valence-electron chi connectivity index (χ0n) is 11.8. The predicted molar refractivity (Wildman–Crippen MR) is 80.3 cm³/mol. The normalized spacial score (nSPS) is 11.0. The van der Waals surface area contributed by atoms with Gasteiger partial charge < -0.3 is 9.84 Å². The molecule has 0 aliphatic rings. The first-order valence-electron chi connectivity index (χ1n) is 6.76. The molecule has 1 amide bonds. The summed E-state index contributed by atoms with van der Waals surface area (Å²) in [5.41, 5.74) is 0.258. The van der Waals surface area contributed by atoms with E-state index in [0.29, 0.717) is 11.6 Å². The minimum atomic E-state index is -0.326. The van der Waals surface area contributed by atoms with Gasteiger partial charge in [0.15, 0.2) is 5.69 Å². The zero-order chi connectivity index (χ0) is 14.8. The number of rotatable bonds is 3. The van der Waals surface area contributed by atoms with Crippen molar-refractivity contribution in [1.29, 1.82) is 0 Å². The molecule has 106 valence electrons. The van der Waals surface area contributed by atoms with Crippen molar-refractivity contribution in [3.63, 3.8) is 0 Å². The second kappa shape index (κ2) is 5.36. The van der Waals surface area contributed by atoms with Crippen molar-refractivity contribution in [2.24, 2.45) is 0 Å². The third kappa shape index (κ3) is 2.76. The van der Waals surface area contributed by atoms with Gasteiger partial charge in [-0.05, 0) is 11.5 Å². The summed E-state index contributed by atoms with van der Waals surface area (Å²) >= 11 is 0. The lowest BCUT2D eigenvalue weighted by Gasteiger charge is -2.03. The van der Waals surface area contributed by atoms with E-state index in [-0.39, 0.29) is 17.5 Å². The molecule has 2 aromatic heterocycles. The number of hydrogen-bond donors (Lipinski definition) is 1. The molecule has 0 saturated carbocycles. The highest BCUT2D eigenvalue weighted by molar-refractivity contribution is 6.03. The molecular weight excluding hydrogens is 266 g/mol. The Bertz CT molecular complexity index is 793. The summed E-state index contributed by atoms with van der Waals surface area (Å²) in [5, 5.41) is 8.56. The number of carbonyl (C=O) groups is 1. The van der Waals surface area contributed by atoms with Crippen LogP contribution < -0.4 is 5.32 Å². The van der Waals surface area contributed by atoms with Crippen molar-refractivity contribution >= 4 is 22.5 Å². The minimum Gasteiger partial charge on any atom is -0.360 e. The smallest absolute Gasteiger partial charge is 0.279 e. The molecule has 0 spiro atoms. The average molecular weight is 281 g/mol. The van der Waals surface area contributed by atoms with Crippen LogP contribution in [0.1, 0.15) is 36.0 Å². The summed E-state index contributed by atoms with van der Waals surface area (Å²) in [6.45, 7) is 3.96. The molecule has 0 saturated heterocycles. The molecule has 0 fully saturated rings. The largest absolute Gasteiger partial charge is 0.360 e. The van der Waals surface area contributed by atoms with Crippen LogP contribution >= 0.6 is 0 Å². The van der Waals surface area contributed by atoms with Gasteiger partial charge in [0.25, 0.3) is 5.91 Å². The number of aromatic nitrogens is 2. The van der Waals surface area contributed by atoms with Crippen LogP contribution in [0.15, 0.2) is 47.1 Å². The molecular formula is C16H15N3O2. The van der Waals surface area contributed by atoms with Crippen LogP contribution in [-0.2, 0) is 0 Å². The maximum atomic E-state index is 12.1. The molecule has 5 heteroatoms. The number of fused-ring (bicyclic) bond motifs is 1. The van der Waals surface area contributed by atoms with E-state index in [2.05, 4.69) is 15.5 Å². The second-order valence-corrected chi connectivity index (χ2v) is 5.14. The first kappa shape index (κ1) is 13.3. The minimum absolute atomic E-state index is 0.192. The van der Waals surface area contributed by atoms with Crippen molar-refractivity contribution in [2.75, 3.05) is 5.32 Å². The van der Waals surface area contributed by atoms with Crippen LogP contribution in [0.5, 0.6) is 0 Å². The molecule has 0 atom stereocenters. The number of nitrogens with zero attached hydrogens (tertiary/aromatic N) is 2. The topological polar surface area (TPSA) is 68.0 Å². The van der Waals surface area contributed by atoms with E-state index in [1.807, 2.05) is 44.2 Å². The average Bonchev–Trinajstić information content (AvgIpc) is 2.97. The van der Waals surface area contributed by atoms with Gasteiger partial charge in [-0.25, -0.2) is 4.98 Å². The zero-order valence-corrected chi connectivity index (χ0v) is 11.8. The summed E-state index contributed by atoms with van der Waals surface area (Å²) in [4.78, 5) is 16.3. The fraction of sp³-hybridized carbons (Fsp3) is 0.188. The van der Waals surface area contributed by atoms with E-state index in [9.17, 15) is 4.79 Å². The van der Waals surface area contributed by atoms with Crippen LogP contribution in [0, 0.1) is 0 Å². The lowest BCUT2D eigenvalue weighted by molar-refractivity contribution is 0.101. The molecule has 0 unspecified atom stereocenters. The SMILES string of the molecule is CC(C)c1cc(C(=O)Nc2cc3ccccc3cn2)no1. The fourth-order valence-corrected chi connectivity index (χ4v) is 2.00. The number of amides is 1. The predicted octanol–water partition coefficient (Wildman–Crippen LogP) is 3.60. The fourth-order valence-electron chi connectivity index (χ4n) is 2.00. The molecule has 0 radical (unpaired) electrons. The van der Waals surface area contributed by atoms with Crippen molar-refractivity contribution in [2.45, 2.75) is 19.8 Å². The molecule has 0 bridgehead atoms. The van der Waals surface area contributed by atoms with E-state index in [4.69, 9.17) is 4.52 Å². The van der Waals surface area contributed by atoms with E-state index in [1.165, 1.54) is 0 Å². The number of hydrogen-bond acceptors (Lipinski definition) is 4. The third-order valence-corrected chi connectivity index (χ3v) is 3.20. The van der Waals surface area contributed by atoms with Gasteiger partial charge in [-0.15, -0.1) is 0 Å². The standard InChI is InChI=1S/C16H15N3O2/c1-10(2)14-8-13(19-21-14)16(20)18-15-7-11-5-3-4-6-12(11)9-17-15/h3-10H,1-2H3,(H,17,18,20). The van der Waals surface area contributed by atoms with Crippen LogP contribution in [0.3, 0.4) is 0 Å². The maximum absolute atomic E-state index is 12.1. The molecule has 0 aliphatic carbocycles. The number of carbonyl (C=O) groups excluding carboxylic acids is 1. The Morgan fingerprint density at radius 1 is 1.19 bits per heavy atom. The maximum Gasteiger partial charge on any atom is 0.279 e. The van der Waals surface area contributed by atoms with Crippen molar-refractivity contribution in [1.82, 2.24) is 10.1 Å². The van der Waals surface area contributed by atoms with Gasteiger partial charge in [0.1, 0.15) is 11.6 Å². The number of anilines is 1. The Labute approximate surface area is 122 Å². The van der Waals surface area contributed by atoms with E-state index in [1.54, 1.807) is 12.3 Å². The van der Waals surface area contributed by atoms with Crippen LogP contribution in [0.25, 0.3) is 10.8 Å². The van der Waals surface area contributed by atoms with E-state index in [0.717, 1.165) is 10.8 Å². The lowest BCUT2D eigenvalue weighted by atomic mass is 10.1. The Morgan fingerprint density at radius 2 is 1.95 bits per heavy atom. The first-order valence-corrected chi connectivity index (χ1v) is 6.76. The summed E-state index contributed by atoms with van der Waals surface area (Å²) < 4.78 is 5.12. The van der Waals surface area contributed by atoms with Gasteiger partial charge in [-0.3, -0.25) is 4.79 Å². The summed E-state index contributed by atoms with van der Waals surface area (Å²) in [6.07, 6.45) is 1.73. The molecule has 0 aliphatic heterocycles. The monoisotopic (exact) mass is 281 g/mol. The van der Waals surface area contributed by atoms with Crippen molar-refractivity contribution < 1.29 is 9.32 Å². The molecule has 2 heterocycles. The molecule has 5 nitrogen and oxygen atoms in total. The second-order valence-electron chi connectivity index (χ2n) is 5.14. The number of pyridine rings is 1. The molecule has 3 aromatic rings. The van der Waals surface area contributed by atoms with Gasteiger partial charge in [0.05, 0.1) is 0 Å². The Morgan fingerprint density at radius 3 is 2.67 bits per heavy atom. The van der Waals surface area contributed by atoms with Crippen LogP contribution in [0.2, 0.25) is 0 Å². The highest BCUT2D eigenvalue weighted by Gasteiger charge is 2.15. The first-order chi connectivity index (χ1) is 10.1. The van der Waals surface area contributed by atoms with Crippen molar-refractivity contribution in [3.05, 3.63) is 54.0 Å². The van der Waals surface area contributed by atoms with Gasteiger partial charge in [0, 0.05) is 23.6 Å². The number of benzene rings is 1. The summed E-state index contributed by atoms with van der Waals surface area (Å²) in [7, 11) is 0. The molecule has 21 heavy (non-hydrogen) atoms. The Hall–Kier alpha value is -2.69. The van der Waals surface area contributed by atoms with Gasteiger partial charge in [-0.1, -0.05) is 43.3 Å². The van der Waals surface area contributed by atoms with E-state index < -0.39 is 0 Å². The Balaban J connectivity index is 1.81. The van der Waals surface area contributed by atoms with Gasteiger partial charge in [0.2, 0.25) is 0 Å². The summed E-state index contributed by atoms with van der Waals surface area (Å²) in [5.74, 6) is 1.05. The quantitative estimate of drug-likeness (QED) is 0.796. The number of nitrogens with one attached hydrogen (secondary N) is 1. The molecule has 3 rings (SSSR count). The third-order valence-electron chi connectivity index (χ3n) is 3.20. The molecule has 1 aromatic carbocycles. The van der Waals surface area contributed by atoms with Crippen molar-refractivity contribution in [3.8, 4) is 0 Å². The van der Waals surface area contributed by atoms with E-state index >= 15 is 0 Å². The molecule has 1 N–H and O–H groups in total. The van der Waals surface area contributed by atoms with Gasteiger partial charge in [-0.2, -0.15) is 0 Å². The highest BCUT2D eigenvalue weighted by atomic mass is 16.5. The summed E-state index contributed by atoms with van der Waals surface area (Å²) in [6, 6.07) is 11.3. The lowest BCUT2D eigenvalue weighted by Crippen LogP contribution is -2.13. The van der Waals surface area contributed by atoms with Crippen LogP contribution in [-0.4, -0.2) is 16.0 Å². The Kier molecular flexibility index (Phi) is 3.39.